The molecule has 0 radical (unpaired) electrons. The van der Waals surface area contributed by atoms with Crippen molar-refractivity contribution in [2.24, 2.45) is 7.05 Å². The zero-order valence-electron chi connectivity index (χ0n) is 13.0. The minimum atomic E-state index is 0.233. The van der Waals surface area contributed by atoms with Crippen LogP contribution in [0.4, 0.5) is 11.5 Å². The maximum absolute atomic E-state index is 6.14. The molecular weight excluding hydrogens is 314 g/mol. The standard InChI is InChI=1S/C16H16ClN5O/c1-21-14-12(9-18-21)15(20-16(17)19-14)22-7-3-4-10-8-11(23-2)5-6-13(10)22/h5-6,8-9H,3-4,7H2,1-2H3. The molecule has 0 saturated carbocycles. The summed E-state index contributed by atoms with van der Waals surface area (Å²) in [6.45, 7) is 0.886. The molecule has 0 unspecified atom stereocenters. The summed E-state index contributed by atoms with van der Waals surface area (Å²) < 4.78 is 7.05. The molecule has 0 amide bonds. The molecule has 3 heterocycles. The van der Waals surface area contributed by atoms with E-state index < -0.39 is 0 Å². The highest BCUT2D eigenvalue weighted by atomic mass is 35.5. The molecule has 0 spiro atoms. The highest BCUT2D eigenvalue weighted by molar-refractivity contribution is 6.28. The number of nitrogens with zero attached hydrogens (tertiary/aromatic N) is 5. The molecule has 2 aromatic heterocycles. The Morgan fingerprint density at radius 3 is 2.96 bits per heavy atom. The van der Waals surface area contributed by atoms with E-state index in [0.717, 1.165) is 47.7 Å². The summed E-state index contributed by atoms with van der Waals surface area (Å²) in [6.07, 6.45) is 3.86. The molecule has 1 aromatic carbocycles. The first kappa shape index (κ1) is 14.3. The molecule has 3 aromatic rings. The highest BCUT2D eigenvalue weighted by Gasteiger charge is 2.23. The van der Waals surface area contributed by atoms with Gasteiger partial charge in [-0.2, -0.15) is 15.1 Å². The molecule has 1 aliphatic heterocycles. The molecule has 0 bridgehead atoms. The van der Waals surface area contributed by atoms with Crippen LogP contribution in [0.3, 0.4) is 0 Å². The predicted molar refractivity (Wildman–Crippen MR) is 89.6 cm³/mol. The second-order valence-electron chi connectivity index (χ2n) is 5.57. The van der Waals surface area contributed by atoms with E-state index in [4.69, 9.17) is 16.3 Å². The first-order valence-corrected chi connectivity index (χ1v) is 7.85. The minimum Gasteiger partial charge on any atom is -0.497 e. The average Bonchev–Trinajstić information content (AvgIpc) is 2.94. The minimum absolute atomic E-state index is 0.233. The SMILES string of the molecule is COc1ccc2c(c1)CCCN2c1nc(Cl)nc2c1cnn2C. The van der Waals surface area contributed by atoms with Gasteiger partial charge in [-0.1, -0.05) is 0 Å². The molecule has 0 atom stereocenters. The van der Waals surface area contributed by atoms with Gasteiger partial charge in [0.15, 0.2) is 5.65 Å². The van der Waals surface area contributed by atoms with Crippen LogP contribution < -0.4 is 9.64 Å². The number of benzene rings is 1. The van der Waals surface area contributed by atoms with E-state index in [0.29, 0.717) is 0 Å². The normalized spacial score (nSPS) is 14.1. The Balaban J connectivity index is 1.90. The van der Waals surface area contributed by atoms with Crippen molar-refractivity contribution < 1.29 is 4.74 Å². The van der Waals surface area contributed by atoms with Crippen molar-refractivity contribution in [2.75, 3.05) is 18.6 Å². The van der Waals surface area contributed by atoms with Crippen molar-refractivity contribution in [3.05, 3.63) is 35.2 Å². The van der Waals surface area contributed by atoms with Crippen LogP contribution in [0.25, 0.3) is 11.0 Å². The fraction of sp³-hybridized carbons (Fsp3) is 0.312. The molecule has 0 fully saturated rings. The number of halogens is 1. The van der Waals surface area contributed by atoms with E-state index in [1.54, 1.807) is 18.0 Å². The van der Waals surface area contributed by atoms with Crippen molar-refractivity contribution in [3.63, 3.8) is 0 Å². The van der Waals surface area contributed by atoms with Crippen LogP contribution in [0.2, 0.25) is 5.28 Å². The lowest BCUT2D eigenvalue weighted by molar-refractivity contribution is 0.414. The summed E-state index contributed by atoms with van der Waals surface area (Å²) in [5, 5.41) is 5.42. The van der Waals surface area contributed by atoms with Crippen molar-refractivity contribution in [3.8, 4) is 5.75 Å². The zero-order valence-corrected chi connectivity index (χ0v) is 13.7. The van der Waals surface area contributed by atoms with E-state index in [9.17, 15) is 0 Å². The monoisotopic (exact) mass is 329 g/mol. The maximum atomic E-state index is 6.14. The number of anilines is 2. The smallest absolute Gasteiger partial charge is 0.226 e. The summed E-state index contributed by atoms with van der Waals surface area (Å²) in [6, 6.07) is 6.14. The van der Waals surface area contributed by atoms with Gasteiger partial charge in [0.1, 0.15) is 11.6 Å². The predicted octanol–water partition coefficient (Wildman–Crippen LogP) is 3.11. The number of hydrogen-bond acceptors (Lipinski definition) is 5. The lowest BCUT2D eigenvalue weighted by Gasteiger charge is -2.31. The molecule has 7 heteroatoms. The van der Waals surface area contributed by atoms with Gasteiger partial charge in [0.05, 0.1) is 18.7 Å². The van der Waals surface area contributed by atoms with Crippen LogP contribution in [0.15, 0.2) is 24.4 Å². The molecule has 0 saturated heterocycles. The van der Waals surface area contributed by atoms with E-state index in [2.05, 4.69) is 32.1 Å². The van der Waals surface area contributed by atoms with E-state index in [1.165, 1.54) is 5.56 Å². The van der Waals surface area contributed by atoms with Gasteiger partial charge in [-0.05, 0) is 48.2 Å². The number of fused-ring (bicyclic) bond motifs is 2. The Morgan fingerprint density at radius 2 is 2.13 bits per heavy atom. The molecule has 1 aliphatic rings. The third-order valence-electron chi connectivity index (χ3n) is 4.21. The lowest BCUT2D eigenvalue weighted by atomic mass is 10.0. The summed E-state index contributed by atoms with van der Waals surface area (Å²) >= 11 is 6.14. The number of aromatic nitrogens is 4. The molecule has 118 valence electrons. The maximum Gasteiger partial charge on any atom is 0.226 e. The number of hydrogen-bond donors (Lipinski definition) is 0. The molecule has 4 rings (SSSR count). The van der Waals surface area contributed by atoms with E-state index >= 15 is 0 Å². The Bertz CT molecular complexity index is 892. The zero-order chi connectivity index (χ0) is 16.0. The van der Waals surface area contributed by atoms with Crippen LogP contribution in [0, 0.1) is 0 Å². The first-order chi connectivity index (χ1) is 11.2. The van der Waals surface area contributed by atoms with Gasteiger partial charge in [0, 0.05) is 19.3 Å². The van der Waals surface area contributed by atoms with Crippen LogP contribution in [0.5, 0.6) is 5.75 Å². The lowest BCUT2D eigenvalue weighted by Crippen LogP contribution is -2.25. The van der Waals surface area contributed by atoms with Crippen molar-refractivity contribution >= 4 is 34.1 Å². The Hall–Kier alpha value is -2.34. The third kappa shape index (κ3) is 2.30. The average molecular weight is 330 g/mol. The number of ether oxygens (including phenoxy) is 1. The van der Waals surface area contributed by atoms with Crippen LogP contribution in [-0.2, 0) is 13.5 Å². The Kier molecular flexibility index (Phi) is 3.34. The topological polar surface area (TPSA) is 56.1 Å². The summed E-state index contributed by atoms with van der Waals surface area (Å²) in [5.74, 6) is 1.68. The number of rotatable bonds is 2. The van der Waals surface area contributed by atoms with E-state index in [-0.39, 0.29) is 5.28 Å². The summed E-state index contributed by atoms with van der Waals surface area (Å²) in [5.41, 5.74) is 3.12. The van der Waals surface area contributed by atoms with Gasteiger partial charge in [-0.25, -0.2) is 0 Å². The van der Waals surface area contributed by atoms with Crippen molar-refractivity contribution in [1.29, 1.82) is 0 Å². The quantitative estimate of drug-likeness (QED) is 0.676. The fourth-order valence-corrected chi connectivity index (χ4v) is 3.27. The number of methoxy groups -OCH3 is 1. The summed E-state index contributed by atoms with van der Waals surface area (Å²) in [7, 11) is 3.54. The second kappa shape index (κ2) is 5.38. The third-order valence-corrected chi connectivity index (χ3v) is 4.37. The first-order valence-electron chi connectivity index (χ1n) is 7.47. The van der Waals surface area contributed by atoms with E-state index in [1.807, 2.05) is 13.1 Å². The van der Waals surface area contributed by atoms with Crippen LogP contribution in [0.1, 0.15) is 12.0 Å². The summed E-state index contributed by atoms with van der Waals surface area (Å²) in [4.78, 5) is 10.9. The van der Waals surface area contributed by atoms with Gasteiger partial charge < -0.3 is 9.64 Å². The molecule has 6 nitrogen and oxygen atoms in total. The van der Waals surface area contributed by atoms with Gasteiger partial charge in [0.25, 0.3) is 0 Å². The number of aryl methyl sites for hydroxylation is 2. The Morgan fingerprint density at radius 1 is 1.26 bits per heavy atom. The molecular formula is C16H16ClN5O. The van der Waals surface area contributed by atoms with Crippen molar-refractivity contribution in [2.45, 2.75) is 12.8 Å². The highest BCUT2D eigenvalue weighted by Crippen LogP contribution is 2.37. The largest absolute Gasteiger partial charge is 0.497 e. The van der Waals surface area contributed by atoms with Crippen molar-refractivity contribution in [1.82, 2.24) is 19.7 Å². The van der Waals surface area contributed by atoms with Gasteiger partial charge in [0.2, 0.25) is 5.28 Å². The van der Waals surface area contributed by atoms with Gasteiger partial charge in [-0.15, -0.1) is 0 Å². The van der Waals surface area contributed by atoms with Crippen LogP contribution in [-0.4, -0.2) is 33.4 Å². The van der Waals surface area contributed by atoms with Crippen LogP contribution >= 0.6 is 11.6 Å². The molecule has 0 N–H and O–H groups in total. The molecule has 23 heavy (non-hydrogen) atoms. The second-order valence-corrected chi connectivity index (χ2v) is 5.91. The van der Waals surface area contributed by atoms with Gasteiger partial charge in [-0.3, -0.25) is 4.68 Å². The fourth-order valence-electron chi connectivity index (χ4n) is 3.11. The molecule has 0 aliphatic carbocycles. The Labute approximate surface area is 138 Å². The van der Waals surface area contributed by atoms with Gasteiger partial charge >= 0.3 is 0 Å².